The molecule has 6 heteroatoms. The van der Waals surface area contributed by atoms with E-state index >= 15 is 0 Å². The zero-order valence-corrected chi connectivity index (χ0v) is 16.9. The molecule has 2 aromatic carbocycles. The molecule has 0 saturated heterocycles. The highest BCUT2D eigenvalue weighted by atomic mass is 16.5. The second kappa shape index (κ2) is 8.15. The van der Waals surface area contributed by atoms with Crippen molar-refractivity contribution >= 4 is 11.8 Å². The molecule has 2 aliphatic rings. The van der Waals surface area contributed by atoms with Gasteiger partial charge in [-0.15, -0.1) is 0 Å². The highest BCUT2D eigenvalue weighted by Gasteiger charge is 2.22. The fourth-order valence-corrected chi connectivity index (χ4v) is 3.75. The Hall–Kier alpha value is -3.02. The smallest absolute Gasteiger partial charge is 0.254 e. The molecule has 0 aromatic heterocycles. The molecule has 4 rings (SSSR count). The number of nitrogens with zero attached hydrogens (tertiary/aromatic N) is 2. The maximum atomic E-state index is 12.3. The van der Waals surface area contributed by atoms with Crippen LogP contribution in [0.25, 0.3) is 0 Å². The summed E-state index contributed by atoms with van der Waals surface area (Å²) in [6.07, 6.45) is 2.46. The Bertz CT molecular complexity index is 865. The maximum Gasteiger partial charge on any atom is 0.254 e. The van der Waals surface area contributed by atoms with Gasteiger partial charge in [-0.1, -0.05) is 12.1 Å². The molecule has 0 bridgehead atoms. The lowest BCUT2D eigenvalue weighted by atomic mass is 9.99. The van der Waals surface area contributed by atoms with Crippen LogP contribution in [0, 0.1) is 0 Å². The van der Waals surface area contributed by atoms with Crippen molar-refractivity contribution in [3.8, 4) is 11.5 Å². The van der Waals surface area contributed by atoms with E-state index in [1.54, 1.807) is 9.80 Å². The fourth-order valence-electron chi connectivity index (χ4n) is 3.75. The van der Waals surface area contributed by atoms with Crippen molar-refractivity contribution in [2.75, 3.05) is 40.4 Å². The van der Waals surface area contributed by atoms with Gasteiger partial charge in [0.05, 0.1) is 13.2 Å². The quantitative estimate of drug-likeness (QED) is 0.707. The van der Waals surface area contributed by atoms with Crippen LogP contribution >= 0.6 is 0 Å². The molecule has 0 unspecified atom stereocenters. The Balaban J connectivity index is 1.28. The van der Waals surface area contributed by atoms with Gasteiger partial charge >= 0.3 is 0 Å². The third kappa shape index (κ3) is 4.06. The first kappa shape index (κ1) is 19.3. The predicted octanol–water partition coefficient (Wildman–Crippen LogP) is 2.79. The molecule has 2 heterocycles. The Kier molecular flexibility index (Phi) is 5.43. The minimum Gasteiger partial charge on any atom is -0.493 e. The van der Waals surface area contributed by atoms with Crippen molar-refractivity contribution in [2.24, 2.45) is 0 Å². The lowest BCUT2D eigenvalue weighted by Gasteiger charge is -2.25. The maximum absolute atomic E-state index is 12.3. The molecular weight excluding hydrogens is 368 g/mol. The SMILES string of the molecule is CN1CCc2ccc(OCCCOc3ccc4c(c3)C(=O)N(C)CC4)cc2C1=O. The van der Waals surface area contributed by atoms with Gasteiger partial charge in [-0.05, 0) is 48.2 Å². The Morgan fingerprint density at radius 3 is 1.66 bits per heavy atom. The fraction of sp³-hybridized carbons (Fsp3) is 0.391. The van der Waals surface area contributed by atoms with E-state index in [-0.39, 0.29) is 11.8 Å². The van der Waals surface area contributed by atoms with Gasteiger partial charge in [0.25, 0.3) is 11.8 Å². The summed E-state index contributed by atoms with van der Waals surface area (Å²) in [7, 11) is 3.64. The molecule has 29 heavy (non-hydrogen) atoms. The van der Waals surface area contributed by atoms with Gasteiger partial charge in [-0.2, -0.15) is 0 Å². The van der Waals surface area contributed by atoms with E-state index < -0.39 is 0 Å². The van der Waals surface area contributed by atoms with Crippen LogP contribution in [-0.2, 0) is 12.8 Å². The molecule has 2 aromatic rings. The van der Waals surface area contributed by atoms with E-state index in [4.69, 9.17) is 9.47 Å². The Morgan fingerprint density at radius 2 is 1.21 bits per heavy atom. The number of carbonyl (C=O) groups is 2. The summed E-state index contributed by atoms with van der Waals surface area (Å²) in [4.78, 5) is 28.0. The molecule has 0 radical (unpaired) electrons. The molecule has 0 spiro atoms. The topological polar surface area (TPSA) is 59.1 Å². The van der Waals surface area contributed by atoms with E-state index in [1.165, 1.54) is 0 Å². The van der Waals surface area contributed by atoms with Gasteiger partial charge in [-0.3, -0.25) is 9.59 Å². The average molecular weight is 394 g/mol. The monoisotopic (exact) mass is 394 g/mol. The van der Waals surface area contributed by atoms with E-state index in [2.05, 4.69) is 0 Å². The highest BCUT2D eigenvalue weighted by molar-refractivity contribution is 5.97. The van der Waals surface area contributed by atoms with Crippen LogP contribution in [0.15, 0.2) is 36.4 Å². The zero-order valence-electron chi connectivity index (χ0n) is 16.9. The second-order valence-electron chi connectivity index (χ2n) is 7.64. The summed E-state index contributed by atoms with van der Waals surface area (Å²) in [5.74, 6) is 1.50. The minimum absolute atomic E-state index is 0.0487. The molecule has 152 valence electrons. The number of benzene rings is 2. The largest absolute Gasteiger partial charge is 0.493 e. The molecule has 0 saturated carbocycles. The number of carbonyl (C=O) groups excluding carboxylic acids is 2. The zero-order chi connectivity index (χ0) is 20.4. The lowest BCUT2D eigenvalue weighted by molar-refractivity contribution is 0.0773. The van der Waals surface area contributed by atoms with Crippen molar-refractivity contribution in [1.82, 2.24) is 9.80 Å². The number of hydrogen-bond acceptors (Lipinski definition) is 4. The summed E-state index contributed by atoms with van der Waals surface area (Å²) in [5, 5.41) is 0. The van der Waals surface area contributed by atoms with Crippen LogP contribution in [0.1, 0.15) is 38.3 Å². The molecule has 2 aliphatic heterocycles. The third-order valence-corrected chi connectivity index (χ3v) is 5.58. The van der Waals surface area contributed by atoms with Crippen LogP contribution in [0.3, 0.4) is 0 Å². The van der Waals surface area contributed by atoms with E-state index in [0.29, 0.717) is 31.1 Å². The van der Waals surface area contributed by atoms with Crippen LogP contribution in [0.5, 0.6) is 11.5 Å². The number of rotatable bonds is 6. The van der Waals surface area contributed by atoms with Crippen molar-refractivity contribution < 1.29 is 19.1 Å². The van der Waals surface area contributed by atoms with Gasteiger partial charge in [0, 0.05) is 44.7 Å². The van der Waals surface area contributed by atoms with Gasteiger partial charge in [0.1, 0.15) is 11.5 Å². The molecular formula is C23H26N2O4. The molecule has 0 N–H and O–H groups in total. The van der Waals surface area contributed by atoms with Crippen molar-refractivity contribution in [2.45, 2.75) is 19.3 Å². The molecule has 0 atom stereocenters. The summed E-state index contributed by atoms with van der Waals surface area (Å²) in [5.41, 5.74) is 3.63. The summed E-state index contributed by atoms with van der Waals surface area (Å²) in [6.45, 7) is 2.51. The average Bonchev–Trinajstić information content (AvgIpc) is 2.74. The van der Waals surface area contributed by atoms with Crippen molar-refractivity contribution in [3.05, 3.63) is 58.7 Å². The van der Waals surface area contributed by atoms with E-state index in [1.807, 2.05) is 50.5 Å². The lowest BCUT2D eigenvalue weighted by Crippen LogP contribution is -2.34. The Morgan fingerprint density at radius 1 is 0.759 bits per heavy atom. The van der Waals surface area contributed by atoms with Crippen molar-refractivity contribution in [1.29, 1.82) is 0 Å². The van der Waals surface area contributed by atoms with Gasteiger partial charge in [-0.25, -0.2) is 0 Å². The first-order valence-corrected chi connectivity index (χ1v) is 10.1. The van der Waals surface area contributed by atoms with E-state index in [0.717, 1.165) is 48.2 Å². The van der Waals surface area contributed by atoms with Crippen molar-refractivity contribution in [3.63, 3.8) is 0 Å². The third-order valence-electron chi connectivity index (χ3n) is 5.58. The molecule has 2 amide bonds. The highest BCUT2D eigenvalue weighted by Crippen LogP contribution is 2.25. The summed E-state index contributed by atoms with van der Waals surface area (Å²) in [6, 6.07) is 11.5. The second-order valence-corrected chi connectivity index (χ2v) is 7.64. The molecule has 0 aliphatic carbocycles. The number of ether oxygens (including phenoxy) is 2. The van der Waals surface area contributed by atoms with Gasteiger partial charge in [0.2, 0.25) is 0 Å². The first-order chi connectivity index (χ1) is 14.0. The number of hydrogen-bond donors (Lipinski definition) is 0. The molecule has 6 nitrogen and oxygen atoms in total. The van der Waals surface area contributed by atoms with Crippen LogP contribution in [0.2, 0.25) is 0 Å². The number of fused-ring (bicyclic) bond motifs is 2. The predicted molar refractivity (Wildman–Crippen MR) is 110 cm³/mol. The van der Waals surface area contributed by atoms with Crippen LogP contribution in [0.4, 0.5) is 0 Å². The van der Waals surface area contributed by atoms with Crippen LogP contribution in [-0.4, -0.2) is 62.0 Å². The number of likely N-dealkylation sites (N-methyl/N-ethyl adjacent to an activating group) is 2. The standard InChI is InChI=1S/C23H26N2O4/c1-24-10-8-16-4-6-18(14-20(16)22(24)26)28-12-3-13-29-19-7-5-17-9-11-25(2)23(27)21(17)15-19/h4-7,14-15H,3,8-13H2,1-2H3. The summed E-state index contributed by atoms with van der Waals surface area (Å²) < 4.78 is 11.6. The first-order valence-electron chi connectivity index (χ1n) is 10.1. The minimum atomic E-state index is 0.0487. The van der Waals surface area contributed by atoms with Gasteiger partial charge in [0.15, 0.2) is 0 Å². The van der Waals surface area contributed by atoms with Gasteiger partial charge < -0.3 is 19.3 Å². The van der Waals surface area contributed by atoms with E-state index in [9.17, 15) is 9.59 Å². The normalized spacial score (nSPS) is 15.8. The summed E-state index contributed by atoms with van der Waals surface area (Å²) >= 11 is 0. The molecule has 0 fully saturated rings. The van der Waals surface area contributed by atoms with Crippen LogP contribution < -0.4 is 9.47 Å². The Labute approximate surface area is 171 Å². The number of amides is 2.